The summed E-state index contributed by atoms with van der Waals surface area (Å²) < 4.78 is 6.13. The van der Waals surface area contributed by atoms with Gasteiger partial charge in [0.2, 0.25) is 11.8 Å². The van der Waals surface area contributed by atoms with Crippen molar-refractivity contribution in [1.29, 1.82) is 0 Å². The van der Waals surface area contributed by atoms with E-state index in [1.54, 1.807) is 17.0 Å². The predicted molar refractivity (Wildman–Crippen MR) is 144 cm³/mol. The molecule has 198 valence electrons. The minimum atomic E-state index is -0.944. The summed E-state index contributed by atoms with van der Waals surface area (Å²) in [6, 6.07) is 7.31. The van der Waals surface area contributed by atoms with Crippen LogP contribution in [0.3, 0.4) is 0 Å². The number of nitrogens with zero attached hydrogens (tertiary/aromatic N) is 1. The summed E-state index contributed by atoms with van der Waals surface area (Å²) in [5.74, 6) is -0.364. The summed E-state index contributed by atoms with van der Waals surface area (Å²) in [6.45, 7) is 6.36. The lowest BCUT2D eigenvalue weighted by Crippen LogP contribution is -2.47. The highest BCUT2D eigenvalue weighted by atomic mass is 16.5. The Morgan fingerprint density at radius 1 is 1.14 bits per heavy atom. The molecule has 3 fully saturated rings. The number of rotatable bonds is 6. The average molecular weight is 505 g/mol. The van der Waals surface area contributed by atoms with Crippen molar-refractivity contribution in [2.75, 3.05) is 0 Å². The van der Waals surface area contributed by atoms with E-state index in [2.05, 4.69) is 13.8 Å². The van der Waals surface area contributed by atoms with E-state index in [4.69, 9.17) is 4.65 Å². The number of fused-ring (bicyclic) bond motifs is 3. The van der Waals surface area contributed by atoms with E-state index in [1.807, 2.05) is 25.1 Å². The Bertz CT molecular complexity index is 1100. The van der Waals surface area contributed by atoms with Gasteiger partial charge in [-0.3, -0.25) is 14.5 Å². The number of phenols is 1. The summed E-state index contributed by atoms with van der Waals surface area (Å²) >= 11 is 0. The van der Waals surface area contributed by atoms with Gasteiger partial charge < -0.3 is 14.8 Å². The van der Waals surface area contributed by atoms with Gasteiger partial charge in [0.1, 0.15) is 5.75 Å². The normalized spacial score (nSPS) is 29.3. The predicted octanol–water partition coefficient (Wildman–Crippen LogP) is 5.36. The van der Waals surface area contributed by atoms with E-state index >= 15 is 0 Å². The van der Waals surface area contributed by atoms with Crippen LogP contribution in [-0.4, -0.2) is 46.1 Å². The third kappa shape index (κ3) is 5.05. The van der Waals surface area contributed by atoms with Crippen molar-refractivity contribution < 1.29 is 24.4 Å². The van der Waals surface area contributed by atoms with Gasteiger partial charge in [0.15, 0.2) is 0 Å². The SMILES string of the molecule is C/C(=C\c1ccccc1O)CC[C@H]1OB(O)C[C@H]2C1=C(C(C)C)C[C@H]1C(=O)N(C3CCCCC3)C(=O)[C@H]12. The Kier molecular flexibility index (Phi) is 7.64. The van der Waals surface area contributed by atoms with Crippen molar-refractivity contribution in [3.05, 3.63) is 46.5 Å². The molecule has 0 aromatic heterocycles. The van der Waals surface area contributed by atoms with Gasteiger partial charge in [0.05, 0.1) is 17.9 Å². The molecule has 2 saturated heterocycles. The molecule has 1 aromatic carbocycles. The minimum Gasteiger partial charge on any atom is -0.507 e. The first-order chi connectivity index (χ1) is 17.8. The quantitative estimate of drug-likeness (QED) is 0.309. The van der Waals surface area contributed by atoms with Crippen LogP contribution in [0, 0.1) is 23.7 Å². The topological polar surface area (TPSA) is 87.1 Å². The molecule has 2 aliphatic carbocycles. The number of carbonyl (C=O) groups excluding carboxylic acids is 2. The highest BCUT2D eigenvalue weighted by Crippen LogP contribution is 2.52. The summed E-state index contributed by atoms with van der Waals surface area (Å²) in [5.41, 5.74) is 4.28. The summed E-state index contributed by atoms with van der Waals surface area (Å²) in [4.78, 5) is 29.1. The molecule has 0 spiro atoms. The molecular weight excluding hydrogens is 465 g/mol. The van der Waals surface area contributed by atoms with Crippen molar-refractivity contribution in [3.63, 3.8) is 0 Å². The van der Waals surface area contributed by atoms with Crippen molar-refractivity contribution in [2.45, 2.75) is 90.6 Å². The Morgan fingerprint density at radius 3 is 2.57 bits per heavy atom. The van der Waals surface area contributed by atoms with E-state index < -0.39 is 7.12 Å². The maximum Gasteiger partial charge on any atom is 0.455 e. The summed E-state index contributed by atoms with van der Waals surface area (Å²) in [6.07, 6.45) is 9.25. The zero-order valence-electron chi connectivity index (χ0n) is 22.4. The number of benzene rings is 1. The standard InChI is InChI=1S/C30H40BNO5/c1-18(2)22-16-23-28(30(35)32(29(23)34)21-10-5-4-6-11-21)24-17-31(36)37-26(27(22)24)14-13-19(3)15-20-9-7-8-12-25(20)33/h7-9,12,15,18,21,23-24,26,28,33,36H,4-6,10-11,13-14,16-17H2,1-3H3/b19-15+/t23-,24+,26-,28-/m1/s1. The molecule has 7 heteroatoms. The molecule has 37 heavy (non-hydrogen) atoms. The first kappa shape index (κ1) is 26.2. The first-order valence-corrected chi connectivity index (χ1v) is 14.1. The Hall–Kier alpha value is -2.38. The smallest absolute Gasteiger partial charge is 0.455 e. The van der Waals surface area contributed by atoms with Crippen LogP contribution in [-0.2, 0) is 14.2 Å². The van der Waals surface area contributed by atoms with E-state index in [-0.39, 0.29) is 53.4 Å². The molecule has 0 radical (unpaired) electrons. The highest BCUT2D eigenvalue weighted by molar-refractivity contribution is 6.43. The molecule has 1 saturated carbocycles. The van der Waals surface area contributed by atoms with Crippen molar-refractivity contribution in [3.8, 4) is 5.75 Å². The Balaban J connectivity index is 1.41. The second-order valence-electron chi connectivity index (χ2n) is 11.8. The van der Waals surface area contributed by atoms with Crippen LogP contribution in [0.2, 0.25) is 6.32 Å². The van der Waals surface area contributed by atoms with E-state index in [9.17, 15) is 19.7 Å². The molecule has 4 aliphatic rings. The Labute approximate surface area is 220 Å². The molecule has 2 aliphatic heterocycles. The van der Waals surface area contributed by atoms with Gasteiger partial charge >= 0.3 is 7.12 Å². The highest BCUT2D eigenvalue weighted by Gasteiger charge is 2.58. The van der Waals surface area contributed by atoms with E-state index in [1.165, 1.54) is 12.0 Å². The maximum atomic E-state index is 13.8. The molecule has 0 bridgehead atoms. The number of hydrogen-bond donors (Lipinski definition) is 2. The fraction of sp³-hybridized carbons (Fsp3) is 0.600. The molecular formula is C30H40BNO5. The summed E-state index contributed by atoms with van der Waals surface area (Å²) in [7, 11) is -0.944. The van der Waals surface area contributed by atoms with E-state index in [0.29, 0.717) is 19.2 Å². The third-order valence-electron chi connectivity index (χ3n) is 9.05. The van der Waals surface area contributed by atoms with Crippen LogP contribution in [0.5, 0.6) is 5.75 Å². The zero-order chi connectivity index (χ0) is 26.3. The first-order valence-electron chi connectivity index (χ1n) is 14.1. The number of aromatic hydroxyl groups is 1. The number of hydrogen-bond acceptors (Lipinski definition) is 5. The molecule has 4 atom stereocenters. The van der Waals surface area contributed by atoms with Crippen LogP contribution in [0.4, 0.5) is 0 Å². The van der Waals surface area contributed by atoms with Gasteiger partial charge in [-0.1, -0.05) is 68.5 Å². The van der Waals surface area contributed by atoms with Gasteiger partial charge in [-0.2, -0.15) is 0 Å². The number of phenolic OH excluding ortho intramolecular Hbond substituents is 1. The molecule has 6 nitrogen and oxygen atoms in total. The molecule has 2 heterocycles. The lowest BCUT2D eigenvalue weighted by Gasteiger charge is -2.44. The van der Waals surface area contributed by atoms with Crippen LogP contribution >= 0.6 is 0 Å². The lowest BCUT2D eigenvalue weighted by molar-refractivity contribution is -0.143. The van der Waals surface area contributed by atoms with Crippen molar-refractivity contribution in [2.24, 2.45) is 23.7 Å². The number of carbonyl (C=O) groups is 2. The Morgan fingerprint density at radius 2 is 1.86 bits per heavy atom. The number of allylic oxidation sites excluding steroid dienone is 2. The second-order valence-corrected chi connectivity index (χ2v) is 11.8. The fourth-order valence-electron chi connectivity index (χ4n) is 7.28. The summed E-state index contributed by atoms with van der Waals surface area (Å²) in [5, 5.41) is 20.9. The molecule has 2 N–H and O–H groups in total. The minimum absolute atomic E-state index is 0.0121. The third-order valence-corrected chi connectivity index (χ3v) is 9.05. The van der Waals surface area contributed by atoms with Crippen LogP contribution in [0.1, 0.15) is 77.7 Å². The molecule has 0 unspecified atom stereocenters. The van der Waals surface area contributed by atoms with Gasteiger partial charge in [-0.15, -0.1) is 0 Å². The van der Waals surface area contributed by atoms with E-state index in [0.717, 1.165) is 48.8 Å². The molecule has 5 rings (SSSR count). The number of likely N-dealkylation sites (tertiary alicyclic amines) is 1. The van der Waals surface area contributed by atoms with Crippen LogP contribution in [0.25, 0.3) is 6.08 Å². The number of para-hydroxylation sites is 1. The average Bonchev–Trinajstić information content (AvgIpc) is 3.13. The second kappa shape index (κ2) is 10.8. The van der Waals surface area contributed by atoms with Gasteiger partial charge in [0, 0.05) is 11.6 Å². The molecule has 2 amide bonds. The largest absolute Gasteiger partial charge is 0.507 e. The lowest BCUT2D eigenvalue weighted by atomic mass is 9.57. The van der Waals surface area contributed by atoms with Gasteiger partial charge in [0.25, 0.3) is 0 Å². The van der Waals surface area contributed by atoms with Crippen molar-refractivity contribution in [1.82, 2.24) is 4.90 Å². The number of imide groups is 1. The zero-order valence-corrected chi connectivity index (χ0v) is 22.4. The van der Waals surface area contributed by atoms with Crippen LogP contribution in [0.15, 0.2) is 41.0 Å². The van der Waals surface area contributed by atoms with Gasteiger partial charge in [-0.05, 0) is 68.8 Å². The molecule has 1 aromatic rings. The monoisotopic (exact) mass is 505 g/mol. The maximum absolute atomic E-state index is 13.8. The van der Waals surface area contributed by atoms with Crippen LogP contribution < -0.4 is 0 Å². The number of amides is 2. The van der Waals surface area contributed by atoms with Gasteiger partial charge in [-0.25, -0.2) is 0 Å². The fourth-order valence-corrected chi connectivity index (χ4v) is 7.28. The van der Waals surface area contributed by atoms with Crippen molar-refractivity contribution >= 4 is 25.0 Å².